The van der Waals surface area contributed by atoms with Gasteiger partial charge in [0.2, 0.25) is 0 Å². The molecule has 0 fully saturated rings. The average molecular weight is 185 g/mol. The molecule has 0 aliphatic heterocycles. The fourth-order valence-electron chi connectivity index (χ4n) is 0.878. The fraction of sp³-hybridized carbons (Fsp3) is 0.250. The molecule has 0 spiro atoms. The number of rotatable bonds is 3. The summed E-state index contributed by atoms with van der Waals surface area (Å²) in [5.41, 5.74) is 7.14. The average Bonchev–Trinajstić information content (AvgIpc) is 2.04. The van der Waals surface area contributed by atoms with Crippen LogP contribution in [0.15, 0.2) is 24.3 Å². The first-order valence-electron chi connectivity index (χ1n) is 3.49. The van der Waals surface area contributed by atoms with Gasteiger partial charge in [-0.3, -0.25) is 4.18 Å². The highest BCUT2D eigenvalue weighted by Gasteiger charge is 1.99. The molecule has 0 heterocycles. The number of anilines is 1. The Morgan fingerprint density at radius 2 is 2.33 bits per heavy atom. The maximum absolute atomic E-state index is 10.9. The fourth-order valence-corrected chi connectivity index (χ4v) is 1.45. The third kappa shape index (κ3) is 2.64. The van der Waals surface area contributed by atoms with Crippen molar-refractivity contribution in [2.24, 2.45) is 0 Å². The Balaban J connectivity index is 2.69. The highest BCUT2D eigenvalue weighted by atomic mass is 32.2. The molecule has 0 amide bonds. The van der Waals surface area contributed by atoms with Crippen molar-refractivity contribution in [3.8, 4) is 0 Å². The van der Waals surface area contributed by atoms with Crippen LogP contribution in [0.25, 0.3) is 0 Å². The predicted octanol–water partition coefficient (Wildman–Crippen LogP) is 1.08. The second-order valence-electron chi connectivity index (χ2n) is 2.36. The van der Waals surface area contributed by atoms with Crippen molar-refractivity contribution in [2.45, 2.75) is 5.75 Å². The normalized spacial score (nSPS) is 12.8. The Bertz CT molecular complexity index is 288. The molecule has 1 atom stereocenters. The van der Waals surface area contributed by atoms with Crippen LogP contribution in [0.3, 0.4) is 0 Å². The Kier molecular flexibility index (Phi) is 3.25. The largest absolute Gasteiger partial charge is 0.399 e. The quantitative estimate of drug-likeness (QED) is 0.717. The number of hydrogen-bond donors (Lipinski definition) is 1. The lowest BCUT2D eigenvalue weighted by atomic mass is 10.2. The third-order valence-electron chi connectivity index (χ3n) is 1.42. The molecule has 0 aliphatic rings. The minimum atomic E-state index is -1.24. The van der Waals surface area contributed by atoms with Gasteiger partial charge in [-0.25, -0.2) is 4.21 Å². The molecule has 1 aromatic carbocycles. The summed E-state index contributed by atoms with van der Waals surface area (Å²) in [7, 11) is 1.42. The zero-order valence-corrected chi connectivity index (χ0v) is 7.64. The summed E-state index contributed by atoms with van der Waals surface area (Å²) in [6.45, 7) is 0. The molecule has 0 aromatic heterocycles. The van der Waals surface area contributed by atoms with Gasteiger partial charge >= 0.3 is 0 Å². The van der Waals surface area contributed by atoms with Crippen LogP contribution in [0.1, 0.15) is 5.56 Å². The maximum Gasteiger partial charge on any atom is 0.159 e. The summed E-state index contributed by atoms with van der Waals surface area (Å²) >= 11 is -1.24. The summed E-state index contributed by atoms with van der Waals surface area (Å²) in [4.78, 5) is 0. The van der Waals surface area contributed by atoms with E-state index >= 15 is 0 Å². The standard InChI is InChI=1S/C8H11NO2S/c1-11-12(10)6-7-3-2-4-8(9)5-7/h2-5H,6,9H2,1H3. The molecule has 0 saturated carbocycles. The molecule has 3 nitrogen and oxygen atoms in total. The maximum atomic E-state index is 10.9. The van der Waals surface area contributed by atoms with Gasteiger partial charge in [0.15, 0.2) is 11.1 Å². The molecule has 1 rings (SSSR count). The van der Waals surface area contributed by atoms with Crippen LogP contribution in [-0.4, -0.2) is 11.3 Å². The Labute approximate surface area is 74.2 Å². The van der Waals surface area contributed by atoms with Crippen molar-refractivity contribution in [3.05, 3.63) is 29.8 Å². The first-order valence-corrected chi connectivity index (χ1v) is 4.74. The van der Waals surface area contributed by atoms with Gasteiger partial charge < -0.3 is 5.73 Å². The van der Waals surface area contributed by atoms with Gasteiger partial charge in [0.05, 0.1) is 12.9 Å². The monoisotopic (exact) mass is 185 g/mol. The lowest BCUT2D eigenvalue weighted by Crippen LogP contribution is -1.97. The zero-order valence-electron chi connectivity index (χ0n) is 6.82. The molecule has 1 unspecified atom stereocenters. The van der Waals surface area contributed by atoms with Crippen molar-refractivity contribution < 1.29 is 8.39 Å². The van der Waals surface area contributed by atoms with Crippen LogP contribution in [0, 0.1) is 0 Å². The molecular formula is C8H11NO2S. The van der Waals surface area contributed by atoms with Crippen molar-refractivity contribution in [1.82, 2.24) is 0 Å². The van der Waals surface area contributed by atoms with E-state index in [1.54, 1.807) is 12.1 Å². The Hall–Kier alpha value is -0.870. The Morgan fingerprint density at radius 3 is 2.92 bits per heavy atom. The summed E-state index contributed by atoms with van der Waals surface area (Å²) in [5.74, 6) is 0.390. The molecule has 2 N–H and O–H groups in total. The van der Waals surface area contributed by atoms with E-state index in [1.165, 1.54) is 7.11 Å². The van der Waals surface area contributed by atoms with Crippen LogP contribution >= 0.6 is 0 Å². The highest BCUT2D eigenvalue weighted by molar-refractivity contribution is 7.79. The van der Waals surface area contributed by atoms with Gasteiger partial charge in [0.25, 0.3) is 0 Å². The number of hydrogen-bond acceptors (Lipinski definition) is 3. The van der Waals surface area contributed by atoms with E-state index in [2.05, 4.69) is 4.18 Å². The lowest BCUT2D eigenvalue weighted by Gasteiger charge is -2.00. The highest BCUT2D eigenvalue weighted by Crippen LogP contribution is 2.08. The third-order valence-corrected chi connectivity index (χ3v) is 2.36. The van der Waals surface area contributed by atoms with Crippen molar-refractivity contribution >= 4 is 16.8 Å². The topological polar surface area (TPSA) is 52.3 Å². The SMILES string of the molecule is COS(=O)Cc1cccc(N)c1. The summed E-state index contributed by atoms with van der Waals surface area (Å²) in [6.07, 6.45) is 0. The van der Waals surface area contributed by atoms with Crippen LogP contribution in [0.5, 0.6) is 0 Å². The predicted molar refractivity (Wildman–Crippen MR) is 49.7 cm³/mol. The molecule has 1 aromatic rings. The summed E-state index contributed by atoms with van der Waals surface area (Å²) in [5, 5.41) is 0. The summed E-state index contributed by atoms with van der Waals surface area (Å²) < 4.78 is 15.6. The smallest absolute Gasteiger partial charge is 0.159 e. The van der Waals surface area contributed by atoms with E-state index in [1.807, 2.05) is 12.1 Å². The van der Waals surface area contributed by atoms with Crippen LogP contribution in [-0.2, 0) is 21.0 Å². The number of nitrogen functional groups attached to an aromatic ring is 1. The Morgan fingerprint density at radius 1 is 1.58 bits per heavy atom. The second kappa shape index (κ2) is 4.23. The minimum Gasteiger partial charge on any atom is -0.399 e. The molecule has 0 saturated heterocycles. The van der Waals surface area contributed by atoms with Gasteiger partial charge in [0.1, 0.15) is 0 Å². The molecule has 0 radical (unpaired) electrons. The van der Waals surface area contributed by atoms with E-state index in [-0.39, 0.29) is 0 Å². The van der Waals surface area contributed by atoms with E-state index in [0.29, 0.717) is 11.4 Å². The van der Waals surface area contributed by atoms with E-state index in [0.717, 1.165) is 5.56 Å². The van der Waals surface area contributed by atoms with E-state index < -0.39 is 11.1 Å². The van der Waals surface area contributed by atoms with E-state index in [9.17, 15) is 4.21 Å². The first-order chi connectivity index (χ1) is 5.72. The number of benzene rings is 1. The van der Waals surface area contributed by atoms with Crippen LogP contribution < -0.4 is 5.73 Å². The van der Waals surface area contributed by atoms with Gasteiger partial charge in [0, 0.05) is 5.69 Å². The molecule has 12 heavy (non-hydrogen) atoms. The van der Waals surface area contributed by atoms with Gasteiger partial charge in [-0.1, -0.05) is 12.1 Å². The zero-order chi connectivity index (χ0) is 8.97. The first kappa shape index (κ1) is 9.22. The molecule has 0 aliphatic carbocycles. The van der Waals surface area contributed by atoms with Crippen molar-refractivity contribution in [2.75, 3.05) is 12.8 Å². The molecular weight excluding hydrogens is 174 g/mol. The van der Waals surface area contributed by atoms with Crippen LogP contribution in [0.2, 0.25) is 0 Å². The van der Waals surface area contributed by atoms with E-state index in [4.69, 9.17) is 5.73 Å². The number of nitrogens with two attached hydrogens (primary N) is 1. The molecule has 0 bridgehead atoms. The van der Waals surface area contributed by atoms with Crippen molar-refractivity contribution in [3.63, 3.8) is 0 Å². The van der Waals surface area contributed by atoms with Crippen molar-refractivity contribution in [1.29, 1.82) is 0 Å². The minimum absolute atomic E-state index is 0.390. The van der Waals surface area contributed by atoms with Gasteiger partial charge in [-0.15, -0.1) is 0 Å². The van der Waals surface area contributed by atoms with Gasteiger partial charge in [-0.2, -0.15) is 0 Å². The second-order valence-corrected chi connectivity index (χ2v) is 3.59. The molecule has 66 valence electrons. The van der Waals surface area contributed by atoms with Crippen LogP contribution in [0.4, 0.5) is 5.69 Å². The molecule has 4 heteroatoms. The lowest BCUT2D eigenvalue weighted by molar-refractivity contribution is 0.445. The summed E-state index contributed by atoms with van der Waals surface area (Å²) in [6, 6.07) is 7.28. The van der Waals surface area contributed by atoms with Gasteiger partial charge in [-0.05, 0) is 17.7 Å².